The molecule has 0 bridgehead atoms. The molecule has 0 atom stereocenters. The van der Waals surface area contributed by atoms with Crippen molar-refractivity contribution in [1.82, 2.24) is 19.8 Å². The van der Waals surface area contributed by atoms with Crippen LogP contribution in [0.2, 0.25) is 0 Å². The molecule has 3 aromatic carbocycles. The lowest BCUT2D eigenvalue weighted by Gasteiger charge is -2.22. The lowest BCUT2D eigenvalue weighted by Crippen LogP contribution is -2.31. The van der Waals surface area contributed by atoms with E-state index in [1.54, 1.807) is 40.8 Å². The lowest BCUT2D eigenvalue weighted by atomic mass is 10.1. The van der Waals surface area contributed by atoms with Crippen LogP contribution in [0.5, 0.6) is 5.75 Å². The average Bonchev–Trinajstić information content (AvgIpc) is 3.25. The number of fused-ring (bicyclic) bond motifs is 3. The van der Waals surface area contributed by atoms with E-state index < -0.39 is 0 Å². The number of benzene rings is 3. The first-order valence-electron chi connectivity index (χ1n) is 10.3. The number of nitrogens with zero attached hydrogens (tertiary/aromatic N) is 5. The molecule has 158 valence electrons. The van der Waals surface area contributed by atoms with E-state index in [0.717, 1.165) is 22.2 Å². The summed E-state index contributed by atoms with van der Waals surface area (Å²) in [5, 5.41) is 15.5. The third kappa shape index (κ3) is 3.43. The van der Waals surface area contributed by atoms with Gasteiger partial charge in [-0.3, -0.25) is 4.79 Å². The number of methoxy groups -OCH3 is 1. The topological polar surface area (TPSA) is 72.6 Å². The summed E-state index contributed by atoms with van der Waals surface area (Å²) in [6.07, 6.45) is 0. The van der Waals surface area contributed by atoms with Crippen molar-refractivity contribution in [2.45, 2.75) is 13.5 Å². The zero-order valence-corrected chi connectivity index (χ0v) is 17.8. The van der Waals surface area contributed by atoms with Gasteiger partial charge in [0.25, 0.3) is 5.91 Å². The van der Waals surface area contributed by atoms with Gasteiger partial charge >= 0.3 is 0 Å². The summed E-state index contributed by atoms with van der Waals surface area (Å²) in [5.41, 5.74) is 2.87. The third-order valence-electron chi connectivity index (χ3n) is 5.46. The molecule has 0 aliphatic rings. The summed E-state index contributed by atoms with van der Waals surface area (Å²) in [6, 6.07) is 24.6. The summed E-state index contributed by atoms with van der Waals surface area (Å²) in [5.74, 6) is 1.13. The van der Waals surface area contributed by atoms with Crippen molar-refractivity contribution >= 4 is 28.0 Å². The first-order chi connectivity index (χ1) is 15.7. The Labute approximate surface area is 184 Å². The van der Waals surface area contributed by atoms with E-state index in [0.29, 0.717) is 22.8 Å². The highest BCUT2D eigenvalue weighted by Crippen LogP contribution is 2.24. The number of carbonyl (C=O) groups is 1. The first kappa shape index (κ1) is 19.7. The lowest BCUT2D eigenvalue weighted by molar-refractivity contribution is 0.0984. The second-order valence-electron chi connectivity index (χ2n) is 7.44. The van der Waals surface area contributed by atoms with E-state index >= 15 is 0 Å². The van der Waals surface area contributed by atoms with Crippen molar-refractivity contribution in [3.8, 4) is 5.75 Å². The molecule has 0 aliphatic heterocycles. The number of carbonyl (C=O) groups excluding carboxylic acids is 1. The monoisotopic (exact) mass is 423 g/mol. The molecule has 0 fully saturated rings. The van der Waals surface area contributed by atoms with Crippen LogP contribution in [0.1, 0.15) is 21.9 Å². The highest BCUT2D eigenvalue weighted by Gasteiger charge is 2.22. The SMILES string of the molecule is COc1ccc(C(=O)N(Cc2nnc3c4ccccc4c(C)nn23)c2ccccc2)cc1. The maximum atomic E-state index is 13.5. The van der Waals surface area contributed by atoms with E-state index in [1.165, 1.54) is 0 Å². The minimum Gasteiger partial charge on any atom is -0.497 e. The molecule has 2 aromatic heterocycles. The Morgan fingerprint density at radius 2 is 1.59 bits per heavy atom. The normalized spacial score (nSPS) is 11.1. The molecule has 1 amide bonds. The molecule has 0 radical (unpaired) electrons. The zero-order chi connectivity index (χ0) is 22.1. The van der Waals surface area contributed by atoms with Crippen LogP contribution in [-0.4, -0.2) is 32.8 Å². The molecule has 0 saturated heterocycles. The summed E-state index contributed by atoms with van der Waals surface area (Å²) < 4.78 is 6.95. The Morgan fingerprint density at radius 1 is 0.906 bits per heavy atom. The molecule has 7 heteroatoms. The van der Waals surface area contributed by atoms with Gasteiger partial charge in [-0.25, -0.2) is 0 Å². The molecule has 0 N–H and O–H groups in total. The number of hydrogen-bond acceptors (Lipinski definition) is 5. The molecule has 2 heterocycles. The van der Waals surface area contributed by atoms with E-state index in [2.05, 4.69) is 10.2 Å². The number of hydrogen-bond donors (Lipinski definition) is 0. The Balaban J connectivity index is 1.58. The second kappa shape index (κ2) is 8.11. The maximum Gasteiger partial charge on any atom is 0.258 e. The van der Waals surface area contributed by atoms with Gasteiger partial charge in [0.1, 0.15) is 5.75 Å². The number of para-hydroxylation sites is 1. The van der Waals surface area contributed by atoms with Crippen molar-refractivity contribution in [3.05, 3.63) is 95.9 Å². The predicted octanol–water partition coefficient (Wildman–Crippen LogP) is 4.44. The largest absolute Gasteiger partial charge is 0.497 e. The quantitative estimate of drug-likeness (QED) is 0.418. The molecule has 0 saturated carbocycles. The highest BCUT2D eigenvalue weighted by atomic mass is 16.5. The number of anilines is 1. The molecule has 0 unspecified atom stereocenters. The number of rotatable bonds is 5. The second-order valence-corrected chi connectivity index (χ2v) is 7.44. The van der Waals surface area contributed by atoms with Gasteiger partial charge in [-0.15, -0.1) is 10.2 Å². The predicted molar refractivity (Wildman–Crippen MR) is 123 cm³/mol. The van der Waals surface area contributed by atoms with Gasteiger partial charge in [-0.2, -0.15) is 9.61 Å². The average molecular weight is 423 g/mol. The van der Waals surface area contributed by atoms with Crippen LogP contribution < -0.4 is 9.64 Å². The van der Waals surface area contributed by atoms with Gasteiger partial charge in [0, 0.05) is 22.0 Å². The van der Waals surface area contributed by atoms with E-state index in [9.17, 15) is 4.79 Å². The van der Waals surface area contributed by atoms with Crippen LogP contribution in [0.3, 0.4) is 0 Å². The van der Waals surface area contributed by atoms with Crippen molar-refractivity contribution in [3.63, 3.8) is 0 Å². The molecular weight excluding hydrogens is 402 g/mol. The van der Waals surface area contributed by atoms with Crippen LogP contribution in [0.25, 0.3) is 16.4 Å². The Hall–Kier alpha value is -4.26. The van der Waals surface area contributed by atoms with Crippen LogP contribution in [0.4, 0.5) is 5.69 Å². The van der Waals surface area contributed by atoms with Gasteiger partial charge in [0.15, 0.2) is 11.5 Å². The summed E-state index contributed by atoms with van der Waals surface area (Å²) in [6.45, 7) is 2.18. The first-order valence-corrected chi connectivity index (χ1v) is 10.3. The van der Waals surface area contributed by atoms with Crippen LogP contribution in [-0.2, 0) is 6.54 Å². The molecular formula is C25H21N5O2. The molecule has 0 aliphatic carbocycles. The van der Waals surface area contributed by atoms with Gasteiger partial charge < -0.3 is 9.64 Å². The molecule has 7 nitrogen and oxygen atoms in total. The Kier molecular flexibility index (Phi) is 4.99. The van der Waals surface area contributed by atoms with Crippen LogP contribution in [0.15, 0.2) is 78.9 Å². The van der Waals surface area contributed by atoms with Gasteiger partial charge in [0.05, 0.1) is 19.3 Å². The fourth-order valence-corrected chi connectivity index (χ4v) is 3.80. The summed E-state index contributed by atoms with van der Waals surface area (Å²) in [4.78, 5) is 15.2. The van der Waals surface area contributed by atoms with Crippen molar-refractivity contribution in [2.24, 2.45) is 0 Å². The van der Waals surface area contributed by atoms with Crippen LogP contribution >= 0.6 is 0 Å². The third-order valence-corrected chi connectivity index (χ3v) is 5.46. The highest BCUT2D eigenvalue weighted by molar-refractivity contribution is 6.06. The number of aromatic nitrogens is 4. The fraction of sp³-hybridized carbons (Fsp3) is 0.120. The Bertz CT molecular complexity index is 1410. The van der Waals surface area contributed by atoms with Crippen molar-refractivity contribution in [2.75, 3.05) is 12.0 Å². The minimum absolute atomic E-state index is 0.145. The summed E-state index contributed by atoms with van der Waals surface area (Å²) >= 11 is 0. The van der Waals surface area contributed by atoms with Gasteiger partial charge in [-0.05, 0) is 43.3 Å². The van der Waals surface area contributed by atoms with E-state index in [-0.39, 0.29) is 12.5 Å². The standard InChI is InChI=1S/C25H21N5O2/c1-17-21-10-6-7-11-22(21)24-27-26-23(30(24)28-17)16-29(19-8-4-3-5-9-19)25(31)18-12-14-20(32-2)15-13-18/h3-15H,16H2,1-2H3. The van der Waals surface area contributed by atoms with E-state index in [4.69, 9.17) is 9.84 Å². The molecule has 32 heavy (non-hydrogen) atoms. The van der Waals surface area contributed by atoms with Gasteiger partial charge in [-0.1, -0.05) is 42.5 Å². The van der Waals surface area contributed by atoms with Crippen LogP contribution in [0, 0.1) is 6.92 Å². The molecule has 0 spiro atoms. The molecule has 5 aromatic rings. The maximum absolute atomic E-state index is 13.5. The summed E-state index contributed by atoms with van der Waals surface area (Å²) in [7, 11) is 1.60. The molecule has 5 rings (SSSR count). The smallest absolute Gasteiger partial charge is 0.258 e. The fourth-order valence-electron chi connectivity index (χ4n) is 3.80. The number of ether oxygens (including phenoxy) is 1. The number of aryl methyl sites for hydroxylation is 1. The van der Waals surface area contributed by atoms with Gasteiger partial charge in [0.2, 0.25) is 0 Å². The zero-order valence-electron chi connectivity index (χ0n) is 17.8. The number of amides is 1. The van der Waals surface area contributed by atoms with Crippen molar-refractivity contribution < 1.29 is 9.53 Å². The van der Waals surface area contributed by atoms with Crippen molar-refractivity contribution in [1.29, 1.82) is 0 Å². The van der Waals surface area contributed by atoms with E-state index in [1.807, 2.05) is 61.5 Å². The minimum atomic E-state index is -0.145. The Morgan fingerprint density at radius 3 is 2.31 bits per heavy atom.